The average molecular weight is 413 g/mol. The molecule has 2 saturated carbocycles. The summed E-state index contributed by atoms with van der Waals surface area (Å²) < 4.78 is 11.1. The van der Waals surface area contributed by atoms with Crippen molar-refractivity contribution in [2.45, 2.75) is 57.8 Å². The normalized spacial score (nSPS) is 33.5. The minimum absolute atomic E-state index is 0.0728. The van der Waals surface area contributed by atoms with Gasteiger partial charge in [-0.1, -0.05) is 13.0 Å². The van der Waals surface area contributed by atoms with Crippen molar-refractivity contribution in [1.29, 1.82) is 0 Å². The predicted octanol–water partition coefficient (Wildman–Crippen LogP) is 2.32. The Morgan fingerprint density at radius 2 is 2.03 bits per heavy atom. The number of hydrogen-bond donors (Lipinski definition) is 1. The molecule has 5 nitrogen and oxygen atoms in total. The number of Topliss-reactive ketones (excluding diaryl/α,β-unsaturated/α-hetero) is 1. The molecule has 5 heteroatoms. The van der Waals surface area contributed by atoms with Crippen LogP contribution in [0.1, 0.15) is 62.5 Å². The first-order chi connectivity index (χ1) is 14.5. The van der Waals surface area contributed by atoms with Gasteiger partial charge in [-0.2, -0.15) is 0 Å². The maximum absolute atomic E-state index is 12.5. The van der Waals surface area contributed by atoms with Crippen LogP contribution in [0.4, 0.5) is 0 Å². The highest BCUT2D eigenvalue weighted by Gasteiger charge is 2.54. The van der Waals surface area contributed by atoms with Crippen LogP contribution >= 0.6 is 0 Å². The van der Waals surface area contributed by atoms with E-state index in [2.05, 4.69) is 19.1 Å². The molecule has 1 heterocycles. The number of carbonyl (C=O) groups is 2. The average Bonchev–Trinajstić information content (AvgIpc) is 3.07. The lowest BCUT2D eigenvalue weighted by Crippen LogP contribution is -3.14. The fourth-order valence-electron chi connectivity index (χ4n) is 6.76. The van der Waals surface area contributed by atoms with Crippen molar-refractivity contribution in [3.8, 4) is 5.75 Å². The molecule has 0 bridgehead atoms. The fraction of sp³-hybridized carbons (Fsp3) is 0.680. The van der Waals surface area contributed by atoms with E-state index < -0.39 is 0 Å². The Morgan fingerprint density at radius 1 is 1.20 bits per heavy atom. The zero-order chi connectivity index (χ0) is 20.7. The minimum Gasteiger partial charge on any atom is -0.426 e. The van der Waals surface area contributed by atoms with Crippen LogP contribution in [-0.2, 0) is 20.7 Å². The van der Waals surface area contributed by atoms with Gasteiger partial charge in [0.15, 0.2) is 0 Å². The molecule has 1 aromatic carbocycles. The summed E-state index contributed by atoms with van der Waals surface area (Å²) in [4.78, 5) is 26.3. The Hall–Kier alpha value is -1.72. The lowest BCUT2D eigenvalue weighted by Gasteiger charge is -2.48. The second-order valence-corrected chi connectivity index (χ2v) is 10.0. The lowest BCUT2D eigenvalue weighted by atomic mass is 9.55. The van der Waals surface area contributed by atoms with Gasteiger partial charge in [0.05, 0.1) is 26.2 Å². The van der Waals surface area contributed by atoms with Crippen molar-refractivity contribution in [3.05, 3.63) is 29.3 Å². The van der Waals surface area contributed by atoms with Crippen LogP contribution in [0.2, 0.25) is 0 Å². The van der Waals surface area contributed by atoms with Crippen LogP contribution in [-0.4, -0.2) is 44.6 Å². The predicted molar refractivity (Wildman–Crippen MR) is 113 cm³/mol. The number of benzene rings is 1. The molecule has 1 saturated heterocycles. The number of hydrogen-bond acceptors (Lipinski definition) is 4. The lowest BCUT2D eigenvalue weighted by molar-refractivity contribution is -0.907. The van der Waals surface area contributed by atoms with Crippen molar-refractivity contribution < 1.29 is 24.0 Å². The number of ether oxygens (including phenoxy) is 2. The number of morpholine rings is 1. The van der Waals surface area contributed by atoms with Gasteiger partial charge in [-0.3, -0.25) is 9.59 Å². The summed E-state index contributed by atoms with van der Waals surface area (Å²) in [5.74, 6) is 2.79. The van der Waals surface area contributed by atoms with Crippen LogP contribution in [0.25, 0.3) is 0 Å². The monoisotopic (exact) mass is 412 g/mol. The number of nitrogens with one attached hydrogen (secondary N) is 1. The van der Waals surface area contributed by atoms with E-state index in [-0.39, 0.29) is 11.4 Å². The largest absolute Gasteiger partial charge is 0.426 e. The first kappa shape index (κ1) is 20.2. The van der Waals surface area contributed by atoms with Crippen LogP contribution in [0.15, 0.2) is 18.2 Å². The maximum atomic E-state index is 12.5. The standard InChI is InChI=1S/C25H33NO4/c1-25-10-8-20-19-5-3-18(30-24(28)9-11-26-12-14-29-15-13-26)16-17(19)2-4-21(20)22(25)6-7-23(25)27/h3,5,16,20-22H,2,4,6-15H2,1H3/p+1/t20-,21+,22+,25+/m1/s1. The minimum atomic E-state index is -0.138. The van der Waals surface area contributed by atoms with Crippen LogP contribution < -0.4 is 9.64 Å². The van der Waals surface area contributed by atoms with Gasteiger partial charge in [-0.05, 0) is 73.1 Å². The topological polar surface area (TPSA) is 57.0 Å². The smallest absolute Gasteiger partial charge is 0.316 e. The molecule has 3 fully saturated rings. The highest BCUT2D eigenvalue weighted by molar-refractivity contribution is 5.87. The third-order valence-electron chi connectivity index (χ3n) is 8.52. The molecular weight excluding hydrogens is 378 g/mol. The molecule has 162 valence electrons. The van der Waals surface area contributed by atoms with Gasteiger partial charge in [0.25, 0.3) is 0 Å². The summed E-state index contributed by atoms with van der Waals surface area (Å²) in [6.45, 7) is 6.55. The summed E-state index contributed by atoms with van der Waals surface area (Å²) >= 11 is 0. The number of carbonyl (C=O) groups excluding carboxylic acids is 2. The maximum Gasteiger partial charge on any atom is 0.316 e. The van der Waals surface area contributed by atoms with Gasteiger partial charge >= 0.3 is 5.97 Å². The quantitative estimate of drug-likeness (QED) is 0.609. The van der Waals surface area contributed by atoms with E-state index in [0.29, 0.717) is 35.7 Å². The van der Waals surface area contributed by atoms with Gasteiger partial charge in [0.2, 0.25) is 0 Å². The van der Waals surface area contributed by atoms with Gasteiger partial charge in [-0.15, -0.1) is 0 Å². The summed E-state index contributed by atoms with van der Waals surface area (Å²) in [6.07, 6.45) is 6.62. The van der Waals surface area contributed by atoms with Crippen molar-refractivity contribution in [2.24, 2.45) is 17.3 Å². The SMILES string of the molecule is C[C@]12CC[C@@H]3c4ccc(OC(=O)CC[NH+]5CCOCC5)cc4CC[C@@H]3[C@@H]1CCC2=O. The Labute approximate surface area is 179 Å². The summed E-state index contributed by atoms with van der Waals surface area (Å²) in [5, 5.41) is 0. The van der Waals surface area contributed by atoms with E-state index in [9.17, 15) is 9.59 Å². The van der Waals surface area contributed by atoms with Crippen molar-refractivity contribution in [3.63, 3.8) is 0 Å². The van der Waals surface area contributed by atoms with Crippen molar-refractivity contribution >= 4 is 11.8 Å². The van der Waals surface area contributed by atoms with Crippen LogP contribution in [0.5, 0.6) is 5.75 Å². The number of rotatable bonds is 4. The molecule has 0 unspecified atom stereocenters. The molecule has 0 amide bonds. The number of fused-ring (bicyclic) bond motifs is 5. The molecule has 1 N–H and O–H groups in total. The first-order valence-corrected chi connectivity index (χ1v) is 11.8. The number of quaternary nitrogens is 1. The van der Waals surface area contributed by atoms with E-state index in [1.165, 1.54) is 16.0 Å². The second kappa shape index (κ2) is 8.08. The molecule has 4 atom stereocenters. The van der Waals surface area contributed by atoms with Gasteiger partial charge in [0, 0.05) is 11.8 Å². The highest BCUT2D eigenvalue weighted by atomic mass is 16.5. The van der Waals surface area contributed by atoms with E-state index in [1.807, 2.05) is 6.07 Å². The molecule has 1 aliphatic heterocycles. The third kappa shape index (κ3) is 3.60. The Balaban J connectivity index is 1.23. The molecular formula is C25H34NO4+. The Morgan fingerprint density at radius 3 is 2.87 bits per heavy atom. The van der Waals surface area contributed by atoms with Gasteiger partial charge < -0.3 is 14.4 Å². The molecule has 0 radical (unpaired) electrons. The Kier molecular flexibility index (Phi) is 5.44. The van der Waals surface area contributed by atoms with E-state index in [1.54, 1.807) is 0 Å². The molecule has 3 aliphatic carbocycles. The van der Waals surface area contributed by atoms with Gasteiger partial charge in [0.1, 0.15) is 24.6 Å². The summed E-state index contributed by atoms with van der Waals surface area (Å²) in [7, 11) is 0. The molecule has 30 heavy (non-hydrogen) atoms. The summed E-state index contributed by atoms with van der Waals surface area (Å²) in [6, 6.07) is 6.27. The molecule has 4 aliphatic rings. The van der Waals surface area contributed by atoms with E-state index >= 15 is 0 Å². The van der Waals surface area contributed by atoms with E-state index in [0.717, 1.165) is 71.4 Å². The van der Waals surface area contributed by atoms with E-state index in [4.69, 9.17) is 9.47 Å². The molecule has 0 aromatic heterocycles. The Bertz CT molecular complexity index is 830. The number of esters is 1. The van der Waals surface area contributed by atoms with Crippen molar-refractivity contribution in [2.75, 3.05) is 32.8 Å². The number of ketones is 1. The highest BCUT2D eigenvalue weighted by Crippen LogP contribution is 2.59. The van der Waals surface area contributed by atoms with Crippen LogP contribution in [0, 0.1) is 17.3 Å². The second-order valence-electron chi connectivity index (χ2n) is 10.0. The molecule has 0 spiro atoms. The fourth-order valence-corrected chi connectivity index (χ4v) is 6.76. The molecule has 5 rings (SSSR count). The summed E-state index contributed by atoms with van der Waals surface area (Å²) in [5.41, 5.74) is 2.70. The van der Waals surface area contributed by atoms with Crippen LogP contribution in [0.3, 0.4) is 0 Å². The first-order valence-electron chi connectivity index (χ1n) is 11.8. The van der Waals surface area contributed by atoms with Gasteiger partial charge in [-0.25, -0.2) is 0 Å². The zero-order valence-electron chi connectivity index (χ0n) is 18.1. The third-order valence-corrected chi connectivity index (χ3v) is 8.52. The van der Waals surface area contributed by atoms with Crippen molar-refractivity contribution in [1.82, 2.24) is 0 Å². The molecule has 1 aromatic rings. The zero-order valence-corrected chi connectivity index (χ0v) is 18.1. The number of aryl methyl sites for hydroxylation is 1.